The summed E-state index contributed by atoms with van der Waals surface area (Å²) in [6.45, 7) is 0.486. The lowest BCUT2D eigenvalue weighted by Gasteiger charge is -2.20. The van der Waals surface area contributed by atoms with E-state index in [1.165, 1.54) is 12.1 Å². The van der Waals surface area contributed by atoms with E-state index in [2.05, 4.69) is 10.2 Å². The number of nitrogens with zero attached hydrogens (tertiary/aromatic N) is 2. The van der Waals surface area contributed by atoms with Crippen molar-refractivity contribution in [2.45, 2.75) is 13.0 Å². The number of hydrogen-bond donors (Lipinski definition) is 1. The Hall–Kier alpha value is -2.47. The molecule has 0 aliphatic heterocycles. The van der Waals surface area contributed by atoms with Crippen molar-refractivity contribution in [2.75, 3.05) is 4.90 Å². The van der Waals surface area contributed by atoms with Crippen LogP contribution in [0, 0.1) is 5.82 Å². The minimum Gasteiger partial charge on any atom is -0.292 e. The van der Waals surface area contributed by atoms with Crippen molar-refractivity contribution in [3.8, 4) is 0 Å². The molecule has 0 unspecified atom stereocenters. The average Bonchev–Trinajstić information content (AvgIpc) is 3.20. The van der Waals surface area contributed by atoms with Gasteiger partial charge in [-0.3, -0.25) is 14.8 Å². The molecule has 0 aliphatic rings. The summed E-state index contributed by atoms with van der Waals surface area (Å²) in [6.07, 6.45) is 1.83. The molecule has 0 aliphatic carbocycles. The Morgan fingerprint density at radius 2 is 2.05 bits per heavy atom. The van der Waals surface area contributed by atoms with E-state index in [-0.39, 0.29) is 18.1 Å². The zero-order chi connectivity index (χ0) is 15.4. The molecule has 0 spiro atoms. The van der Waals surface area contributed by atoms with Gasteiger partial charge in [-0.25, -0.2) is 4.39 Å². The molecule has 3 aromatic rings. The molecule has 6 heteroatoms. The summed E-state index contributed by atoms with van der Waals surface area (Å²) in [4.78, 5) is 15.4. The van der Waals surface area contributed by atoms with E-state index < -0.39 is 0 Å². The number of aromatic nitrogens is 2. The predicted molar refractivity (Wildman–Crippen MR) is 84.2 cm³/mol. The summed E-state index contributed by atoms with van der Waals surface area (Å²) >= 11 is 1.60. The Kier molecular flexibility index (Phi) is 4.29. The third-order valence-electron chi connectivity index (χ3n) is 3.24. The second-order valence-corrected chi connectivity index (χ2v) is 5.84. The standard InChI is InChI=1S/C16H14FN3OS/c17-13-5-3-12(4-6-13)10-16(21)20(15-7-8-18-19-15)11-14-2-1-9-22-14/h1-9H,10-11H2,(H,18,19). The first-order valence-corrected chi connectivity index (χ1v) is 7.67. The fourth-order valence-electron chi connectivity index (χ4n) is 2.14. The molecule has 1 amide bonds. The maximum Gasteiger partial charge on any atom is 0.232 e. The van der Waals surface area contributed by atoms with Gasteiger partial charge in [-0.1, -0.05) is 18.2 Å². The minimum atomic E-state index is -0.305. The quantitative estimate of drug-likeness (QED) is 0.784. The lowest BCUT2D eigenvalue weighted by atomic mass is 10.1. The van der Waals surface area contributed by atoms with Crippen molar-refractivity contribution in [3.05, 3.63) is 70.3 Å². The Morgan fingerprint density at radius 3 is 2.68 bits per heavy atom. The number of H-pyrrole nitrogens is 1. The van der Waals surface area contributed by atoms with Crippen LogP contribution in [0.15, 0.2) is 54.0 Å². The molecule has 1 aromatic carbocycles. The van der Waals surface area contributed by atoms with Gasteiger partial charge in [-0.15, -0.1) is 11.3 Å². The van der Waals surface area contributed by atoms with Crippen molar-refractivity contribution in [1.82, 2.24) is 10.2 Å². The van der Waals surface area contributed by atoms with Gasteiger partial charge in [0.1, 0.15) is 11.6 Å². The molecule has 0 radical (unpaired) electrons. The maximum absolute atomic E-state index is 13.0. The molecule has 0 fully saturated rings. The molecule has 1 N–H and O–H groups in total. The topological polar surface area (TPSA) is 49.0 Å². The highest BCUT2D eigenvalue weighted by Crippen LogP contribution is 2.18. The van der Waals surface area contributed by atoms with E-state index in [1.54, 1.807) is 40.6 Å². The third-order valence-corrected chi connectivity index (χ3v) is 4.10. The van der Waals surface area contributed by atoms with Gasteiger partial charge in [-0.2, -0.15) is 5.10 Å². The summed E-state index contributed by atoms with van der Waals surface area (Å²) < 4.78 is 13.0. The number of carbonyl (C=O) groups excluding carboxylic acids is 1. The van der Waals surface area contributed by atoms with Gasteiger partial charge in [0.15, 0.2) is 0 Å². The first-order valence-electron chi connectivity index (χ1n) is 6.79. The first kappa shape index (κ1) is 14.5. The molecule has 0 atom stereocenters. The van der Waals surface area contributed by atoms with E-state index in [0.29, 0.717) is 12.4 Å². The largest absolute Gasteiger partial charge is 0.292 e. The zero-order valence-electron chi connectivity index (χ0n) is 11.7. The number of anilines is 1. The maximum atomic E-state index is 13.0. The number of thiophene rings is 1. The lowest BCUT2D eigenvalue weighted by Crippen LogP contribution is -2.31. The van der Waals surface area contributed by atoms with Crippen LogP contribution in [0.1, 0.15) is 10.4 Å². The van der Waals surface area contributed by atoms with Crippen LogP contribution >= 0.6 is 11.3 Å². The summed E-state index contributed by atoms with van der Waals surface area (Å²) in [5, 5.41) is 8.71. The fraction of sp³-hybridized carbons (Fsp3) is 0.125. The van der Waals surface area contributed by atoms with E-state index in [0.717, 1.165) is 10.4 Å². The van der Waals surface area contributed by atoms with Crippen molar-refractivity contribution in [3.63, 3.8) is 0 Å². The van der Waals surface area contributed by atoms with Gasteiger partial charge in [0.05, 0.1) is 19.2 Å². The predicted octanol–water partition coefficient (Wildman–Crippen LogP) is 3.39. The van der Waals surface area contributed by atoms with Gasteiger partial charge in [-0.05, 0) is 29.1 Å². The highest BCUT2D eigenvalue weighted by molar-refractivity contribution is 7.09. The molecule has 0 bridgehead atoms. The normalized spacial score (nSPS) is 10.6. The molecule has 0 saturated carbocycles. The number of hydrogen-bond acceptors (Lipinski definition) is 3. The first-order chi connectivity index (χ1) is 10.7. The number of rotatable bonds is 5. The van der Waals surface area contributed by atoms with E-state index in [4.69, 9.17) is 0 Å². The third kappa shape index (κ3) is 3.40. The smallest absolute Gasteiger partial charge is 0.232 e. The van der Waals surface area contributed by atoms with Crippen LogP contribution in [-0.4, -0.2) is 16.1 Å². The van der Waals surface area contributed by atoms with E-state index in [1.807, 2.05) is 17.5 Å². The van der Waals surface area contributed by atoms with Crippen LogP contribution < -0.4 is 4.90 Å². The van der Waals surface area contributed by atoms with Crippen LogP contribution in [0.5, 0.6) is 0 Å². The number of benzene rings is 1. The number of aromatic amines is 1. The van der Waals surface area contributed by atoms with Crippen LogP contribution in [0.25, 0.3) is 0 Å². The summed E-state index contributed by atoms with van der Waals surface area (Å²) in [5.74, 6) is 0.282. The number of carbonyl (C=O) groups is 1. The van der Waals surface area contributed by atoms with Gasteiger partial charge in [0, 0.05) is 10.9 Å². The molecule has 22 heavy (non-hydrogen) atoms. The second kappa shape index (κ2) is 6.53. The number of nitrogens with one attached hydrogen (secondary N) is 1. The number of amides is 1. The number of halogens is 1. The summed E-state index contributed by atoms with van der Waals surface area (Å²) in [5.41, 5.74) is 0.780. The van der Waals surface area contributed by atoms with Crippen LogP contribution in [0.2, 0.25) is 0 Å². The second-order valence-electron chi connectivity index (χ2n) is 4.80. The van der Waals surface area contributed by atoms with Crippen molar-refractivity contribution in [1.29, 1.82) is 0 Å². The Bertz CT molecular complexity index is 723. The van der Waals surface area contributed by atoms with Crippen molar-refractivity contribution < 1.29 is 9.18 Å². The minimum absolute atomic E-state index is 0.0655. The van der Waals surface area contributed by atoms with Crippen molar-refractivity contribution >= 4 is 23.1 Å². The summed E-state index contributed by atoms with van der Waals surface area (Å²) in [6, 6.07) is 11.7. The monoisotopic (exact) mass is 315 g/mol. The van der Waals surface area contributed by atoms with Gasteiger partial charge in [0.2, 0.25) is 5.91 Å². The molecule has 2 aromatic heterocycles. The van der Waals surface area contributed by atoms with E-state index in [9.17, 15) is 9.18 Å². The van der Waals surface area contributed by atoms with Gasteiger partial charge < -0.3 is 0 Å². The molecule has 3 rings (SSSR count). The van der Waals surface area contributed by atoms with Crippen molar-refractivity contribution in [2.24, 2.45) is 0 Å². The molecule has 112 valence electrons. The Balaban J connectivity index is 1.79. The Morgan fingerprint density at radius 1 is 1.23 bits per heavy atom. The SMILES string of the molecule is O=C(Cc1ccc(F)cc1)N(Cc1cccs1)c1ccn[nH]1. The molecular weight excluding hydrogens is 301 g/mol. The van der Waals surface area contributed by atoms with Crippen LogP contribution in [-0.2, 0) is 17.8 Å². The van der Waals surface area contributed by atoms with E-state index >= 15 is 0 Å². The van der Waals surface area contributed by atoms with Crippen LogP contribution in [0.4, 0.5) is 10.2 Å². The van der Waals surface area contributed by atoms with Gasteiger partial charge in [0.25, 0.3) is 0 Å². The summed E-state index contributed by atoms with van der Waals surface area (Å²) in [7, 11) is 0. The highest BCUT2D eigenvalue weighted by Gasteiger charge is 2.18. The average molecular weight is 315 g/mol. The highest BCUT2D eigenvalue weighted by atomic mass is 32.1. The Labute approximate surface area is 131 Å². The van der Waals surface area contributed by atoms with Crippen LogP contribution in [0.3, 0.4) is 0 Å². The zero-order valence-corrected chi connectivity index (χ0v) is 12.5. The molecule has 4 nitrogen and oxygen atoms in total. The molecule has 0 saturated heterocycles. The lowest BCUT2D eigenvalue weighted by molar-refractivity contribution is -0.118. The van der Waals surface area contributed by atoms with Gasteiger partial charge >= 0.3 is 0 Å². The molecular formula is C16H14FN3OS. The molecule has 2 heterocycles. The fourth-order valence-corrected chi connectivity index (χ4v) is 2.83.